The highest BCUT2D eigenvalue weighted by Gasteiger charge is 2.13. The second-order valence-electron chi connectivity index (χ2n) is 7.25. The first-order valence-corrected chi connectivity index (χ1v) is 10.1. The fourth-order valence-electron chi connectivity index (χ4n) is 3.31. The van der Waals surface area contributed by atoms with E-state index < -0.39 is 0 Å². The highest BCUT2D eigenvalue weighted by atomic mass is 19.1. The van der Waals surface area contributed by atoms with Crippen molar-refractivity contribution >= 4 is 5.91 Å². The number of carbonyl (C=O) groups excluding carboxylic acids is 1. The fourth-order valence-corrected chi connectivity index (χ4v) is 3.31. The molecule has 4 aromatic rings. The SMILES string of the molecule is C=CC(=O)NCc1cnc(-c2ccc(F)cc2)cc1-c1ccn(Cc2cncc(C#N)c2)n1. The molecule has 3 heterocycles. The lowest BCUT2D eigenvalue weighted by molar-refractivity contribution is -0.116. The van der Waals surface area contributed by atoms with E-state index in [0.717, 1.165) is 22.3 Å². The van der Waals surface area contributed by atoms with Gasteiger partial charge in [-0.25, -0.2) is 4.39 Å². The van der Waals surface area contributed by atoms with Gasteiger partial charge in [0.15, 0.2) is 0 Å². The van der Waals surface area contributed by atoms with Gasteiger partial charge >= 0.3 is 0 Å². The monoisotopic (exact) mass is 438 g/mol. The lowest BCUT2D eigenvalue weighted by Crippen LogP contribution is -2.20. The van der Waals surface area contributed by atoms with E-state index in [9.17, 15) is 9.18 Å². The fraction of sp³-hybridized carbons (Fsp3) is 0.0800. The van der Waals surface area contributed by atoms with Gasteiger partial charge in [-0.15, -0.1) is 0 Å². The maximum atomic E-state index is 13.3. The van der Waals surface area contributed by atoms with Crippen molar-refractivity contribution in [3.63, 3.8) is 0 Å². The lowest BCUT2D eigenvalue weighted by atomic mass is 10.0. The zero-order valence-electron chi connectivity index (χ0n) is 17.6. The van der Waals surface area contributed by atoms with Crippen molar-refractivity contribution in [3.8, 4) is 28.6 Å². The number of aromatic nitrogens is 4. The van der Waals surface area contributed by atoms with Gasteiger partial charge in [0.2, 0.25) is 5.91 Å². The number of nitrogens with one attached hydrogen (secondary N) is 1. The number of pyridine rings is 2. The van der Waals surface area contributed by atoms with Crippen molar-refractivity contribution in [1.29, 1.82) is 5.26 Å². The number of hydrogen-bond acceptors (Lipinski definition) is 5. The Morgan fingerprint density at radius 1 is 1.15 bits per heavy atom. The minimum atomic E-state index is -0.323. The summed E-state index contributed by atoms with van der Waals surface area (Å²) in [6.07, 6.45) is 7.92. The Labute approximate surface area is 189 Å². The van der Waals surface area contributed by atoms with E-state index in [0.29, 0.717) is 23.5 Å². The third-order valence-electron chi connectivity index (χ3n) is 4.95. The average molecular weight is 438 g/mol. The Morgan fingerprint density at radius 2 is 1.97 bits per heavy atom. The van der Waals surface area contributed by atoms with Crippen molar-refractivity contribution in [2.75, 3.05) is 0 Å². The molecule has 33 heavy (non-hydrogen) atoms. The van der Waals surface area contributed by atoms with E-state index >= 15 is 0 Å². The van der Waals surface area contributed by atoms with Gasteiger partial charge < -0.3 is 5.32 Å². The number of halogens is 1. The third kappa shape index (κ3) is 5.17. The van der Waals surface area contributed by atoms with Crippen LogP contribution in [0.3, 0.4) is 0 Å². The van der Waals surface area contributed by atoms with Crippen molar-refractivity contribution < 1.29 is 9.18 Å². The molecule has 4 rings (SSSR count). The number of nitriles is 1. The van der Waals surface area contributed by atoms with Gasteiger partial charge in [-0.05, 0) is 59.7 Å². The summed E-state index contributed by atoms with van der Waals surface area (Å²) in [6, 6.07) is 13.7. The predicted molar refractivity (Wildman–Crippen MR) is 121 cm³/mol. The van der Waals surface area contributed by atoms with Crippen molar-refractivity contribution in [2.24, 2.45) is 0 Å². The minimum absolute atomic E-state index is 0.248. The summed E-state index contributed by atoms with van der Waals surface area (Å²) in [5.41, 5.74) is 5.00. The summed E-state index contributed by atoms with van der Waals surface area (Å²) < 4.78 is 15.1. The second kappa shape index (κ2) is 9.66. The van der Waals surface area contributed by atoms with Gasteiger partial charge in [0.1, 0.15) is 11.9 Å². The summed E-state index contributed by atoms with van der Waals surface area (Å²) in [5.74, 6) is -0.615. The quantitative estimate of drug-likeness (QED) is 0.442. The molecule has 8 heteroatoms. The largest absolute Gasteiger partial charge is 0.348 e. The zero-order chi connectivity index (χ0) is 23.2. The molecular formula is C25H19FN6O. The van der Waals surface area contributed by atoms with Crippen LogP contribution in [0, 0.1) is 17.1 Å². The first-order valence-electron chi connectivity index (χ1n) is 10.1. The minimum Gasteiger partial charge on any atom is -0.348 e. The molecule has 0 radical (unpaired) electrons. The molecule has 1 amide bonds. The van der Waals surface area contributed by atoms with Gasteiger partial charge in [0, 0.05) is 42.5 Å². The van der Waals surface area contributed by atoms with E-state index in [-0.39, 0.29) is 18.3 Å². The molecule has 0 aliphatic carbocycles. The van der Waals surface area contributed by atoms with Crippen molar-refractivity contribution in [2.45, 2.75) is 13.1 Å². The summed E-state index contributed by atoms with van der Waals surface area (Å²) in [5, 5.41) is 16.5. The summed E-state index contributed by atoms with van der Waals surface area (Å²) in [6.45, 7) is 4.16. The summed E-state index contributed by atoms with van der Waals surface area (Å²) >= 11 is 0. The molecule has 3 aromatic heterocycles. The lowest BCUT2D eigenvalue weighted by Gasteiger charge is -2.11. The maximum absolute atomic E-state index is 13.3. The molecule has 162 valence electrons. The molecule has 0 bridgehead atoms. The summed E-state index contributed by atoms with van der Waals surface area (Å²) in [4.78, 5) is 20.3. The smallest absolute Gasteiger partial charge is 0.243 e. The molecular weight excluding hydrogens is 419 g/mol. The Hall–Kier alpha value is -4.64. The summed E-state index contributed by atoms with van der Waals surface area (Å²) in [7, 11) is 0. The van der Waals surface area contributed by atoms with Crippen molar-refractivity contribution in [3.05, 3.63) is 102 Å². The zero-order valence-corrected chi connectivity index (χ0v) is 17.6. The highest BCUT2D eigenvalue weighted by molar-refractivity contribution is 5.87. The molecule has 0 atom stereocenters. The van der Waals surface area contributed by atoms with Crippen LogP contribution >= 0.6 is 0 Å². The van der Waals surface area contributed by atoms with Gasteiger partial charge in [0.05, 0.1) is 23.5 Å². The van der Waals surface area contributed by atoms with Crippen LogP contribution in [0.15, 0.2) is 79.9 Å². The van der Waals surface area contributed by atoms with Crippen LogP contribution in [-0.4, -0.2) is 25.7 Å². The van der Waals surface area contributed by atoms with Crippen LogP contribution in [0.25, 0.3) is 22.5 Å². The van der Waals surface area contributed by atoms with E-state index in [1.54, 1.807) is 35.3 Å². The van der Waals surface area contributed by atoms with Gasteiger partial charge in [-0.2, -0.15) is 10.4 Å². The number of benzene rings is 1. The molecule has 0 fully saturated rings. The first kappa shape index (κ1) is 21.6. The number of amides is 1. The van der Waals surface area contributed by atoms with Crippen LogP contribution in [0.1, 0.15) is 16.7 Å². The van der Waals surface area contributed by atoms with Crippen LogP contribution in [0.4, 0.5) is 4.39 Å². The third-order valence-corrected chi connectivity index (χ3v) is 4.95. The standard InChI is InChI=1S/C25H19FN6O/c1-2-25(33)30-15-20-14-29-24(19-3-5-21(26)6-4-19)10-22(20)23-7-8-32(31-23)16-18-9-17(11-27)12-28-13-18/h2-10,12-14H,1,15-16H2,(H,30,33). The Morgan fingerprint density at radius 3 is 2.73 bits per heavy atom. The van der Waals surface area contributed by atoms with E-state index in [1.165, 1.54) is 24.4 Å². The number of hydrogen-bond donors (Lipinski definition) is 1. The number of carbonyl (C=O) groups is 1. The maximum Gasteiger partial charge on any atom is 0.243 e. The predicted octanol–water partition coefficient (Wildman–Crippen LogP) is 3.87. The molecule has 0 aliphatic heterocycles. The normalized spacial score (nSPS) is 10.4. The van der Waals surface area contributed by atoms with Crippen LogP contribution in [0.2, 0.25) is 0 Å². The van der Waals surface area contributed by atoms with Crippen molar-refractivity contribution in [1.82, 2.24) is 25.1 Å². The molecule has 0 spiro atoms. The molecule has 1 N–H and O–H groups in total. The van der Waals surface area contributed by atoms with Crippen LogP contribution in [0.5, 0.6) is 0 Å². The topological polar surface area (TPSA) is 96.5 Å². The average Bonchev–Trinajstić information content (AvgIpc) is 3.31. The van der Waals surface area contributed by atoms with Gasteiger partial charge in [0.25, 0.3) is 0 Å². The molecule has 7 nitrogen and oxygen atoms in total. The number of nitrogens with zero attached hydrogens (tertiary/aromatic N) is 5. The Bertz CT molecular complexity index is 1350. The first-order chi connectivity index (χ1) is 16.1. The van der Waals surface area contributed by atoms with E-state index in [1.807, 2.05) is 18.3 Å². The molecule has 0 saturated heterocycles. The van der Waals surface area contributed by atoms with E-state index in [2.05, 4.69) is 33.0 Å². The van der Waals surface area contributed by atoms with Crippen LogP contribution in [-0.2, 0) is 17.9 Å². The molecule has 1 aromatic carbocycles. The second-order valence-corrected chi connectivity index (χ2v) is 7.25. The van der Waals surface area contributed by atoms with Crippen LogP contribution < -0.4 is 5.32 Å². The van der Waals surface area contributed by atoms with E-state index in [4.69, 9.17) is 5.26 Å². The number of rotatable bonds is 7. The molecule has 0 unspecified atom stereocenters. The molecule has 0 aliphatic rings. The highest BCUT2D eigenvalue weighted by Crippen LogP contribution is 2.27. The van der Waals surface area contributed by atoms with Gasteiger partial charge in [-0.3, -0.25) is 19.4 Å². The molecule has 0 saturated carbocycles. The Balaban J connectivity index is 1.68. The van der Waals surface area contributed by atoms with Gasteiger partial charge in [-0.1, -0.05) is 6.58 Å². The Kier molecular flexibility index (Phi) is 6.32.